The second-order valence-electron chi connectivity index (χ2n) is 5.67. The van der Waals surface area contributed by atoms with Gasteiger partial charge >= 0.3 is 0 Å². The number of benzene rings is 1. The van der Waals surface area contributed by atoms with Crippen LogP contribution in [0.4, 0.5) is 5.69 Å². The number of amides is 2. The SMILES string of the molecule is CCN(CC)C(=O)C(C(=O)N(CC)CC)S(=O)(=O)c1ccccc1[N+](=O)[O-]. The van der Waals surface area contributed by atoms with Crippen LogP contribution in [0.3, 0.4) is 0 Å². The number of nitrogens with zero attached hydrogens (tertiary/aromatic N) is 3. The zero-order valence-corrected chi connectivity index (χ0v) is 16.7. The lowest BCUT2D eigenvalue weighted by Crippen LogP contribution is -2.52. The molecule has 9 nitrogen and oxygen atoms in total. The maximum absolute atomic E-state index is 13.2. The van der Waals surface area contributed by atoms with Crippen molar-refractivity contribution < 1.29 is 22.9 Å². The molecule has 1 aromatic carbocycles. The summed E-state index contributed by atoms with van der Waals surface area (Å²) in [5.74, 6) is -1.76. The number of hydrogen-bond acceptors (Lipinski definition) is 6. The lowest BCUT2D eigenvalue weighted by atomic mass is 10.3. The Morgan fingerprint density at radius 3 is 1.74 bits per heavy atom. The minimum Gasteiger partial charge on any atom is -0.342 e. The zero-order valence-electron chi connectivity index (χ0n) is 15.9. The first kappa shape index (κ1) is 22.6. The number of rotatable bonds is 9. The van der Waals surface area contributed by atoms with Crippen LogP contribution in [0.1, 0.15) is 27.7 Å². The van der Waals surface area contributed by atoms with Crippen molar-refractivity contribution in [1.29, 1.82) is 0 Å². The Morgan fingerprint density at radius 1 is 0.963 bits per heavy atom. The number of carbonyl (C=O) groups is 2. The van der Waals surface area contributed by atoms with Crippen LogP contribution in [0.5, 0.6) is 0 Å². The summed E-state index contributed by atoms with van der Waals surface area (Å²) in [7, 11) is -4.63. The summed E-state index contributed by atoms with van der Waals surface area (Å²) in [4.78, 5) is 38.1. The van der Waals surface area contributed by atoms with E-state index in [9.17, 15) is 28.1 Å². The molecule has 27 heavy (non-hydrogen) atoms. The molecule has 0 N–H and O–H groups in total. The van der Waals surface area contributed by atoms with Crippen LogP contribution >= 0.6 is 0 Å². The van der Waals surface area contributed by atoms with E-state index in [2.05, 4.69) is 0 Å². The number of carbonyl (C=O) groups excluding carboxylic acids is 2. The van der Waals surface area contributed by atoms with Gasteiger partial charge in [-0.15, -0.1) is 0 Å². The van der Waals surface area contributed by atoms with E-state index in [0.29, 0.717) is 0 Å². The van der Waals surface area contributed by atoms with E-state index in [0.717, 1.165) is 12.1 Å². The molecule has 1 aromatic rings. The zero-order chi connectivity index (χ0) is 20.8. The first-order chi connectivity index (χ1) is 12.7. The van der Waals surface area contributed by atoms with Crippen molar-refractivity contribution in [3.63, 3.8) is 0 Å². The van der Waals surface area contributed by atoms with Gasteiger partial charge in [-0.3, -0.25) is 19.7 Å². The predicted octanol–water partition coefficient (Wildman–Crippen LogP) is 1.47. The molecule has 0 aliphatic carbocycles. The standard InChI is InChI=1S/C17H25N3O6S/c1-5-18(6-2)16(21)15(17(22)19(7-3)8-4)27(25,26)14-12-10-9-11-13(14)20(23)24/h9-12,15H,5-8H2,1-4H3. The molecule has 0 aliphatic heterocycles. The molecule has 0 saturated heterocycles. The van der Waals surface area contributed by atoms with Crippen molar-refractivity contribution in [2.45, 2.75) is 37.8 Å². The minimum atomic E-state index is -4.63. The molecular formula is C17H25N3O6S. The van der Waals surface area contributed by atoms with Gasteiger partial charge in [-0.25, -0.2) is 8.42 Å². The number of sulfone groups is 1. The van der Waals surface area contributed by atoms with Crippen LogP contribution < -0.4 is 0 Å². The number of hydrogen-bond donors (Lipinski definition) is 0. The minimum absolute atomic E-state index is 0.212. The second kappa shape index (κ2) is 9.45. The predicted molar refractivity (Wildman–Crippen MR) is 99.9 cm³/mol. The Morgan fingerprint density at radius 2 is 1.37 bits per heavy atom. The third kappa shape index (κ3) is 4.62. The third-order valence-electron chi connectivity index (χ3n) is 4.28. The van der Waals surface area contributed by atoms with Crippen LogP contribution in [0.25, 0.3) is 0 Å². The molecule has 0 bridgehead atoms. The normalized spacial score (nSPS) is 11.3. The van der Waals surface area contributed by atoms with Gasteiger partial charge in [0.1, 0.15) is 4.90 Å². The fraction of sp³-hybridized carbons (Fsp3) is 0.529. The van der Waals surface area contributed by atoms with E-state index >= 15 is 0 Å². The van der Waals surface area contributed by atoms with Crippen molar-refractivity contribution in [1.82, 2.24) is 9.80 Å². The van der Waals surface area contributed by atoms with Gasteiger partial charge in [0.15, 0.2) is 0 Å². The highest BCUT2D eigenvalue weighted by Gasteiger charge is 2.46. The molecule has 0 aromatic heterocycles. The average Bonchev–Trinajstić information content (AvgIpc) is 2.63. The van der Waals surface area contributed by atoms with Gasteiger partial charge in [0.25, 0.3) is 17.5 Å². The Hall–Kier alpha value is -2.49. The number of nitro groups is 1. The summed E-state index contributed by atoms with van der Waals surface area (Å²) >= 11 is 0. The van der Waals surface area contributed by atoms with Crippen LogP contribution in [0.15, 0.2) is 29.2 Å². The first-order valence-electron chi connectivity index (χ1n) is 8.72. The molecule has 0 heterocycles. The molecule has 0 fully saturated rings. The third-order valence-corrected chi connectivity index (χ3v) is 6.26. The van der Waals surface area contributed by atoms with Gasteiger partial charge in [0.2, 0.25) is 15.1 Å². The molecule has 0 radical (unpaired) electrons. The molecule has 1 rings (SSSR count). The van der Waals surface area contributed by atoms with Gasteiger partial charge in [-0.05, 0) is 33.8 Å². The highest BCUT2D eigenvalue weighted by atomic mass is 32.2. The first-order valence-corrected chi connectivity index (χ1v) is 10.3. The van der Waals surface area contributed by atoms with E-state index in [1.807, 2.05) is 0 Å². The maximum Gasteiger partial charge on any atom is 0.288 e. The molecule has 0 aliphatic rings. The molecule has 10 heteroatoms. The van der Waals surface area contributed by atoms with Crippen molar-refractivity contribution in [3.8, 4) is 0 Å². The van der Waals surface area contributed by atoms with E-state index in [4.69, 9.17) is 0 Å². The Bertz CT molecular complexity index is 777. The van der Waals surface area contributed by atoms with Gasteiger partial charge in [-0.2, -0.15) is 0 Å². The molecule has 0 atom stereocenters. The Balaban J connectivity index is 3.65. The monoisotopic (exact) mass is 399 g/mol. The Kier molecular flexibility index (Phi) is 7.89. The average molecular weight is 399 g/mol. The summed E-state index contributed by atoms with van der Waals surface area (Å²) in [6.07, 6.45) is 0. The Labute approximate surface area is 159 Å². The van der Waals surface area contributed by atoms with Gasteiger partial charge in [0.05, 0.1) is 4.92 Å². The molecule has 2 amide bonds. The highest BCUT2D eigenvalue weighted by Crippen LogP contribution is 2.28. The van der Waals surface area contributed by atoms with Crippen molar-refractivity contribution in [2.75, 3.05) is 26.2 Å². The molecular weight excluding hydrogens is 374 g/mol. The van der Waals surface area contributed by atoms with E-state index in [1.54, 1.807) is 27.7 Å². The van der Waals surface area contributed by atoms with E-state index in [-0.39, 0.29) is 26.2 Å². The fourth-order valence-electron chi connectivity index (χ4n) is 2.75. The van der Waals surface area contributed by atoms with Crippen LogP contribution in [0, 0.1) is 10.1 Å². The number of para-hydroxylation sites is 1. The molecule has 0 unspecified atom stereocenters. The van der Waals surface area contributed by atoms with E-state index in [1.165, 1.54) is 21.9 Å². The number of nitro benzene ring substituents is 1. The van der Waals surface area contributed by atoms with Crippen LogP contribution in [-0.4, -0.2) is 66.4 Å². The van der Waals surface area contributed by atoms with E-state index < -0.39 is 42.4 Å². The van der Waals surface area contributed by atoms with Gasteiger partial charge in [0, 0.05) is 32.2 Å². The van der Waals surface area contributed by atoms with Crippen molar-refractivity contribution in [2.24, 2.45) is 0 Å². The lowest BCUT2D eigenvalue weighted by Gasteiger charge is -2.28. The second-order valence-corrected chi connectivity index (χ2v) is 7.67. The molecule has 0 saturated carbocycles. The summed E-state index contributed by atoms with van der Waals surface area (Å²) < 4.78 is 26.4. The lowest BCUT2D eigenvalue weighted by molar-refractivity contribution is -0.387. The largest absolute Gasteiger partial charge is 0.342 e. The fourth-order valence-corrected chi connectivity index (χ4v) is 4.53. The van der Waals surface area contributed by atoms with Gasteiger partial charge < -0.3 is 9.80 Å². The highest BCUT2D eigenvalue weighted by molar-refractivity contribution is 7.93. The quantitative estimate of drug-likeness (QED) is 0.352. The maximum atomic E-state index is 13.2. The van der Waals surface area contributed by atoms with Crippen LogP contribution in [-0.2, 0) is 19.4 Å². The summed E-state index contributed by atoms with van der Waals surface area (Å²) in [6, 6.07) is 4.73. The molecule has 0 spiro atoms. The van der Waals surface area contributed by atoms with Gasteiger partial charge in [-0.1, -0.05) is 12.1 Å². The molecule has 150 valence electrons. The topological polar surface area (TPSA) is 118 Å². The van der Waals surface area contributed by atoms with Crippen molar-refractivity contribution in [3.05, 3.63) is 34.4 Å². The summed E-state index contributed by atoms with van der Waals surface area (Å²) in [5.41, 5.74) is -0.665. The van der Waals surface area contributed by atoms with Crippen LogP contribution in [0.2, 0.25) is 0 Å². The summed E-state index contributed by atoms with van der Waals surface area (Å²) in [5, 5.41) is 9.22. The summed E-state index contributed by atoms with van der Waals surface area (Å²) in [6.45, 7) is 7.51. The smallest absolute Gasteiger partial charge is 0.288 e. The van der Waals surface area contributed by atoms with Crippen molar-refractivity contribution >= 4 is 27.3 Å².